The monoisotopic (exact) mass is 346 g/mol. The van der Waals surface area contributed by atoms with E-state index in [-0.39, 0.29) is 12.0 Å². The van der Waals surface area contributed by atoms with E-state index in [4.69, 9.17) is 28.1 Å². The molecule has 0 atom stereocenters. The molecule has 24 heavy (non-hydrogen) atoms. The van der Waals surface area contributed by atoms with Crippen LogP contribution in [0.1, 0.15) is 41.4 Å². The number of nitrogens with two attached hydrogens (primary N) is 2. The summed E-state index contributed by atoms with van der Waals surface area (Å²) in [6.45, 7) is 4.38. The molecule has 6 heteroatoms. The van der Waals surface area contributed by atoms with Gasteiger partial charge in [-0.3, -0.25) is 0 Å². The van der Waals surface area contributed by atoms with E-state index >= 15 is 0 Å². The summed E-state index contributed by atoms with van der Waals surface area (Å²) < 4.78 is 1.95. The van der Waals surface area contributed by atoms with Crippen molar-refractivity contribution in [1.82, 2.24) is 9.55 Å². The van der Waals surface area contributed by atoms with Gasteiger partial charge in [0.15, 0.2) is 0 Å². The van der Waals surface area contributed by atoms with Gasteiger partial charge in [-0.05, 0) is 49.9 Å². The second kappa shape index (κ2) is 6.59. The smallest absolute Gasteiger partial charge is 0.117 e. The van der Waals surface area contributed by atoms with Gasteiger partial charge in [-0.15, -0.1) is 0 Å². The Bertz CT molecular complexity index is 768. The van der Waals surface area contributed by atoms with Gasteiger partial charge >= 0.3 is 0 Å². The minimum Gasteiger partial charge on any atom is -0.403 e. The Balaban J connectivity index is 2.16. The number of imidazole rings is 1. The molecule has 1 aromatic carbocycles. The standard InChI is InChI=1S/C18H23ClN4O/c1-10-5-12(8-15(19)11(10)2)17-16(9-21)23(4-3-20)18(22-17)13-6-14(24)7-13/h3-5,8,13-14,24H,6-7,9,20-21H2,1-2H3/b4-3-. The van der Waals surface area contributed by atoms with Gasteiger partial charge in [0.2, 0.25) is 0 Å². The van der Waals surface area contributed by atoms with Gasteiger partial charge in [-0.1, -0.05) is 11.6 Å². The number of aryl methyl sites for hydroxylation is 1. The third-order valence-electron chi connectivity index (χ3n) is 4.82. The molecule has 5 nitrogen and oxygen atoms in total. The van der Waals surface area contributed by atoms with Gasteiger partial charge in [0.25, 0.3) is 0 Å². The third-order valence-corrected chi connectivity index (χ3v) is 5.21. The molecular weight excluding hydrogens is 324 g/mol. The minimum atomic E-state index is -0.247. The summed E-state index contributed by atoms with van der Waals surface area (Å²) in [5.41, 5.74) is 16.5. The SMILES string of the molecule is Cc1cc(-c2nc(C3CC(O)C3)n(/C=C\N)c2CN)cc(Cl)c1C. The fraction of sp³-hybridized carbons (Fsp3) is 0.389. The average molecular weight is 347 g/mol. The molecule has 1 aliphatic rings. The van der Waals surface area contributed by atoms with Crippen LogP contribution in [-0.2, 0) is 6.54 Å². The summed E-state index contributed by atoms with van der Waals surface area (Å²) in [6, 6.07) is 4.01. The lowest BCUT2D eigenvalue weighted by Crippen LogP contribution is -2.28. The van der Waals surface area contributed by atoms with E-state index in [2.05, 4.69) is 6.07 Å². The van der Waals surface area contributed by atoms with Crippen molar-refractivity contribution >= 4 is 17.8 Å². The Kier molecular flexibility index (Phi) is 4.67. The van der Waals surface area contributed by atoms with E-state index in [1.54, 1.807) is 6.20 Å². The van der Waals surface area contributed by atoms with Gasteiger partial charge in [0, 0.05) is 35.4 Å². The average Bonchev–Trinajstić information content (AvgIpc) is 2.87. The molecule has 0 aliphatic heterocycles. The van der Waals surface area contributed by atoms with E-state index in [9.17, 15) is 5.11 Å². The molecule has 0 unspecified atom stereocenters. The van der Waals surface area contributed by atoms with Crippen molar-refractivity contribution in [3.8, 4) is 11.3 Å². The van der Waals surface area contributed by atoms with Crippen LogP contribution in [0.3, 0.4) is 0 Å². The zero-order chi connectivity index (χ0) is 17.4. The Labute approximate surface area is 146 Å². The number of aliphatic hydroxyl groups is 1. The number of benzene rings is 1. The van der Waals surface area contributed by atoms with E-state index in [0.717, 1.165) is 38.9 Å². The number of halogens is 1. The number of aromatic nitrogens is 2. The van der Waals surface area contributed by atoms with Crippen LogP contribution in [0.2, 0.25) is 5.02 Å². The Morgan fingerprint density at radius 3 is 2.62 bits per heavy atom. The quantitative estimate of drug-likeness (QED) is 0.794. The van der Waals surface area contributed by atoms with Crippen LogP contribution in [-0.4, -0.2) is 20.8 Å². The van der Waals surface area contributed by atoms with Crippen molar-refractivity contribution in [2.24, 2.45) is 11.5 Å². The largest absolute Gasteiger partial charge is 0.403 e. The fourth-order valence-electron chi connectivity index (χ4n) is 3.20. The maximum Gasteiger partial charge on any atom is 0.117 e. The summed E-state index contributed by atoms with van der Waals surface area (Å²) in [5, 5.41) is 10.4. The van der Waals surface area contributed by atoms with Crippen molar-refractivity contribution in [1.29, 1.82) is 0 Å². The molecule has 0 spiro atoms. The van der Waals surface area contributed by atoms with Crippen LogP contribution in [0, 0.1) is 13.8 Å². The Morgan fingerprint density at radius 1 is 1.38 bits per heavy atom. The van der Waals surface area contributed by atoms with Gasteiger partial charge < -0.3 is 21.1 Å². The normalized spacial score (nSPS) is 20.5. The van der Waals surface area contributed by atoms with Crippen LogP contribution in [0.15, 0.2) is 18.3 Å². The lowest BCUT2D eigenvalue weighted by Gasteiger charge is -2.30. The molecule has 3 rings (SSSR count). The molecule has 1 saturated carbocycles. The molecule has 0 radical (unpaired) electrons. The molecule has 2 aromatic rings. The van der Waals surface area contributed by atoms with Crippen LogP contribution in [0.25, 0.3) is 17.5 Å². The molecule has 0 amide bonds. The molecular formula is C18H23ClN4O. The summed E-state index contributed by atoms with van der Waals surface area (Å²) >= 11 is 6.36. The second-order valence-electron chi connectivity index (χ2n) is 6.40. The predicted molar refractivity (Wildman–Crippen MR) is 97.5 cm³/mol. The molecule has 1 aliphatic carbocycles. The molecule has 128 valence electrons. The zero-order valence-corrected chi connectivity index (χ0v) is 14.7. The highest BCUT2D eigenvalue weighted by Gasteiger charge is 2.33. The van der Waals surface area contributed by atoms with Crippen molar-refractivity contribution in [3.05, 3.63) is 46.0 Å². The molecule has 5 N–H and O–H groups in total. The van der Waals surface area contributed by atoms with Crippen LogP contribution < -0.4 is 11.5 Å². The van der Waals surface area contributed by atoms with E-state index in [1.807, 2.05) is 24.5 Å². The fourth-order valence-corrected chi connectivity index (χ4v) is 3.47. The Morgan fingerprint density at radius 2 is 2.08 bits per heavy atom. The summed E-state index contributed by atoms with van der Waals surface area (Å²) in [4.78, 5) is 4.84. The van der Waals surface area contributed by atoms with Gasteiger partial charge in [0.1, 0.15) is 5.82 Å². The topological polar surface area (TPSA) is 90.1 Å². The molecule has 1 fully saturated rings. The van der Waals surface area contributed by atoms with Crippen LogP contribution >= 0.6 is 11.6 Å². The number of nitrogens with zero attached hydrogens (tertiary/aromatic N) is 2. The van der Waals surface area contributed by atoms with Crippen LogP contribution in [0.4, 0.5) is 0 Å². The molecule has 0 saturated heterocycles. The second-order valence-corrected chi connectivity index (χ2v) is 6.81. The maximum absolute atomic E-state index is 9.63. The van der Waals surface area contributed by atoms with Gasteiger partial charge in [0.05, 0.1) is 17.5 Å². The van der Waals surface area contributed by atoms with Gasteiger partial charge in [-0.25, -0.2) is 4.98 Å². The zero-order valence-electron chi connectivity index (χ0n) is 14.0. The lowest BCUT2D eigenvalue weighted by atomic mass is 9.82. The predicted octanol–water partition coefficient (Wildman–Crippen LogP) is 2.90. The first kappa shape index (κ1) is 17.0. The Hall–Kier alpha value is -1.82. The summed E-state index contributed by atoms with van der Waals surface area (Å²) in [6.07, 6.45) is 4.44. The molecule has 1 heterocycles. The first-order valence-corrected chi connectivity index (χ1v) is 8.48. The highest BCUT2D eigenvalue weighted by atomic mass is 35.5. The summed E-state index contributed by atoms with van der Waals surface area (Å²) in [7, 11) is 0. The number of aliphatic hydroxyl groups excluding tert-OH is 1. The maximum atomic E-state index is 9.63. The third kappa shape index (κ3) is 2.83. The van der Waals surface area contributed by atoms with E-state index in [1.165, 1.54) is 6.20 Å². The minimum absolute atomic E-state index is 0.220. The van der Waals surface area contributed by atoms with E-state index < -0.39 is 0 Å². The first-order valence-electron chi connectivity index (χ1n) is 8.10. The highest BCUT2D eigenvalue weighted by molar-refractivity contribution is 6.31. The first-order chi connectivity index (χ1) is 11.5. The number of hydrogen-bond acceptors (Lipinski definition) is 4. The van der Waals surface area contributed by atoms with Crippen molar-refractivity contribution < 1.29 is 5.11 Å². The van der Waals surface area contributed by atoms with Crippen LogP contribution in [0.5, 0.6) is 0 Å². The number of rotatable bonds is 4. The van der Waals surface area contributed by atoms with E-state index in [0.29, 0.717) is 19.4 Å². The van der Waals surface area contributed by atoms with Crippen molar-refractivity contribution in [2.75, 3.05) is 0 Å². The highest BCUT2D eigenvalue weighted by Crippen LogP contribution is 2.39. The lowest BCUT2D eigenvalue weighted by molar-refractivity contribution is 0.0713. The van der Waals surface area contributed by atoms with Crippen molar-refractivity contribution in [2.45, 2.75) is 45.3 Å². The molecule has 1 aromatic heterocycles. The van der Waals surface area contributed by atoms with Crippen molar-refractivity contribution in [3.63, 3.8) is 0 Å². The molecule has 0 bridgehead atoms. The number of hydrogen-bond donors (Lipinski definition) is 3. The summed E-state index contributed by atoms with van der Waals surface area (Å²) in [5.74, 6) is 1.11. The van der Waals surface area contributed by atoms with Gasteiger partial charge in [-0.2, -0.15) is 0 Å².